The first-order valence-electron chi connectivity index (χ1n) is 7.33. The van der Waals surface area contributed by atoms with Gasteiger partial charge >= 0.3 is 0 Å². The van der Waals surface area contributed by atoms with E-state index in [4.69, 9.17) is 5.73 Å². The van der Waals surface area contributed by atoms with Crippen LogP contribution in [0.1, 0.15) is 55.8 Å². The minimum Gasteiger partial charge on any atom is -0.383 e. The molecule has 0 bridgehead atoms. The maximum absolute atomic E-state index is 13.2. The third-order valence-electron chi connectivity index (χ3n) is 4.10. The summed E-state index contributed by atoms with van der Waals surface area (Å²) in [6.07, 6.45) is 7.91. The number of nitrogens with zero attached hydrogens (tertiary/aromatic N) is 1. The van der Waals surface area contributed by atoms with Crippen molar-refractivity contribution in [2.75, 3.05) is 5.73 Å². The van der Waals surface area contributed by atoms with Gasteiger partial charge in [0.15, 0.2) is 0 Å². The summed E-state index contributed by atoms with van der Waals surface area (Å²) in [6, 6.07) is 1.27. The predicted molar refractivity (Wildman–Crippen MR) is 76.7 cm³/mol. The lowest BCUT2D eigenvalue weighted by Crippen LogP contribution is -2.41. The first-order valence-corrected chi connectivity index (χ1v) is 7.33. The molecule has 0 aliphatic heterocycles. The van der Waals surface area contributed by atoms with Crippen LogP contribution >= 0.6 is 0 Å². The molecule has 20 heavy (non-hydrogen) atoms. The summed E-state index contributed by atoms with van der Waals surface area (Å²) < 4.78 is 13.2. The molecule has 1 aliphatic carbocycles. The summed E-state index contributed by atoms with van der Waals surface area (Å²) >= 11 is 0. The minimum absolute atomic E-state index is 0.0717. The van der Waals surface area contributed by atoms with Crippen molar-refractivity contribution >= 4 is 11.7 Å². The van der Waals surface area contributed by atoms with Gasteiger partial charge in [-0.05, 0) is 31.2 Å². The molecule has 1 unspecified atom stereocenters. The molecule has 2 rings (SSSR count). The molecule has 0 spiro atoms. The van der Waals surface area contributed by atoms with Gasteiger partial charge < -0.3 is 11.1 Å². The molecule has 1 atom stereocenters. The van der Waals surface area contributed by atoms with Crippen LogP contribution in [0.5, 0.6) is 0 Å². The number of rotatable bonds is 4. The largest absolute Gasteiger partial charge is 0.383 e. The van der Waals surface area contributed by atoms with Crippen molar-refractivity contribution in [3.63, 3.8) is 0 Å². The van der Waals surface area contributed by atoms with E-state index < -0.39 is 5.82 Å². The number of hydrogen-bond acceptors (Lipinski definition) is 3. The van der Waals surface area contributed by atoms with Gasteiger partial charge in [-0.25, -0.2) is 9.37 Å². The number of pyridine rings is 1. The molecule has 1 amide bonds. The lowest BCUT2D eigenvalue weighted by molar-refractivity contribution is 0.0911. The molecule has 0 aromatic carbocycles. The Kier molecular flexibility index (Phi) is 4.93. The summed E-state index contributed by atoms with van der Waals surface area (Å²) in [4.78, 5) is 15.9. The summed E-state index contributed by atoms with van der Waals surface area (Å²) in [5.41, 5.74) is 5.77. The van der Waals surface area contributed by atoms with E-state index in [9.17, 15) is 9.18 Å². The molecule has 1 aromatic heterocycles. The van der Waals surface area contributed by atoms with E-state index in [1.807, 2.05) is 0 Å². The average Bonchev–Trinajstić information content (AvgIpc) is 2.48. The van der Waals surface area contributed by atoms with Crippen molar-refractivity contribution in [2.45, 2.75) is 51.5 Å². The Balaban J connectivity index is 2.06. The highest BCUT2D eigenvalue weighted by Gasteiger charge is 2.25. The highest BCUT2D eigenvalue weighted by Crippen LogP contribution is 2.28. The van der Waals surface area contributed by atoms with E-state index in [0.717, 1.165) is 31.5 Å². The van der Waals surface area contributed by atoms with Gasteiger partial charge in [-0.3, -0.25) is 4.79 Å². The number of aromatic nitrogens is 1. The summed E-state index contributed by atoms with van der Waals surface area (Å²) in [6.45, 7) is 2.06. The minimum atomic E-state index is -0.546. The molecule has 4 nitrogen and oxygen atoms in total. The molecule has 5 heteroatoms. The van der Waals surface area contributed by atoms with Crippen molar-refractivity contribution in [1.82, 2.24) is 10.3 Å². The number of halogens is 1. The predicted octanol–water partition coefficient (Wildman–Crippen LogP) is 2.89. The second kappa shape index (κ2) is 6.68. The smallest absolute Gasteiger partial charge is 0.255 e. The van der Waals surface area contributed by atoms with Crippen molar-refractivity contribution in [3.05, 3.63) is 23.6 Å². The standard InChI is InChI=1S/C15H22FN3O/c1-2-13(10-6-4-3-5-7-10)19-15(20)12-8-11(16)9-18-14(12)17/h8-10,13H,2-7H2,1H3,(H2,17,18)(H,19,20). The molecule has 1 saturated carbocycles. The van der Waals surface area contributed by atoms with Crippen LogP contribution in [0.25, 0.3) is 0 Å². The SMILES string of the molecule is CCC(NC(=O)c1cc(F)cnc1N)C1CCCCC1. The molecule has 1 aromatic rings. The lowest BCUT2D eigenvalue weighted by Gasteiger charge is -2.30. The average molecular weight is 279 g/mol. The Labute approximate surface area is 119 Å². The van der Waals surface area contributed by atoms with E-state index in [2.05, 4.69) is 17.2 Å². The molecule has 1 heterocycles. The molecule has 3 N–H and O–H groups in total. The van der Waals surface area contributed by atoms with Crippen molar-refractivity contribution in [3.8, 4) is 0 Å². The number of carbonyl (C=O) groups excluding carboxylic acids is 1. The number of nitrogen functional groups attached to an aromatic ring is 1. The van der Waals surface area contributed by atoms with Gasteiger partial charge in [0.2, 0.25) is 0 Å². The second-order valence-corrected chi connectivity index (χ2v) is 5.47. The molecule has 0 saturated heterocycles. The summed E-state index contributed by atoms with van der Waals surface area (Å²) in [5.74, 6) is -0.287. The fourth-order valence-electron chi connectivity index (χ4n) is 2.97. The number of carbonyl (C=O) groups is 1. The van der Waals surface area contributed by atoms with Crippen LogP contribution < -0.4 is 11.1 Å². The highest BCUT2D eigenvalue weighted by molar-refractivity contribution is 5.98. The third-order valence-corrected chi connectivity index (χ3v) is 4.10. The third kappa shape index (κ3) is 3.46. The van der Waals surface area contributed by atoms with E-state index in [1.54, 1.807) is 0 Å². The normalized spacial score (nSPS) is 17.7. The van der Waals surface area contributed by atoms with Gasteiger partial charge in [0.1, 0.15) is 11.6 Å². The fourth-order valence-corrected chi connectivity index (χ4v) is 2.97. The topological polar surface area (TPSA) is 68.0 Å². The van der Waals surface area contributed by atoms with Crippen LogP contribution in [-0.4, -0.2) is 16.9 Å². The van der Waals surface area contributed by atoms with E-state index >= 15 is 0 Å². The molecule has 0 radical (unpaired) electrons. The number of hydrogen-bond donors (Lipinski definition) is 2. The number of amides is 1. The van der Waals surface area contributed by atoms with Crippen molar-refractivity contribution in [1.29, 1.82) is 0 Å². The van der Waals surface area contributed by atoms with E-state index in [-0.39, 0.29) is 23.3 Å². The monoisotopic (exact) mass is 279 g/mol. The Bertz CT molecular complexity index is 472. The quantitative estimate of drug-likeness (QED) is 0.890. The maximum atomic E-state index is 13.2. The first kappa shape index (κ1) is 14.8. The van der Waals surface area contributed by atoms with Crippen molar-refractivity contribution in [2.24, 2.45) is 5.92 Å². The zero-order chi connectivity index (χ0) is 14.5. The molecular weight excluding hydrogens is 257 g/mol. The second-order valence-electron chi connectivity index (χ2n) is 5.47. The number of nitrogens with one attached hydrogen (secondary N) is 1. The fraction of sp³-hybridized carbons (Fsp3) is 0.600. The van der Waals surface area contributed by atoms with Gasteiger partial charge in [0, 0.05) is 6.04 Å². The van der Waals surface area contributed by atoms with Gasteiger partial charge in [0.05, 0.1) is 11.8 Å². The van der Waals surface area contributed by atoms with Gasteiger partial charge in [-0.15, -0.1) is 0 Å². The van der Waals surface area contributed by atoms with Crippen LogP contribution in [0, 0.1) is 11.7 Å². The zero-order valence-electron chi connectivity index (χ0n) is 11.9. The van der Waals surface area contributed by atoms with Crippen LogP contribution in [0.3, 0.4) is 0 Å². The van der Waals surface area contributed by atoms with Crippen molar-refractivity contribution < 1.29 is 9.18 Å². The maximum Gasteiger partial charge on any atom is 0.255 e. The van der Waals surface area contributed by atoms with Crippen LogP contribution in [0.4, 0.5) is 10.2 Å². The Morgan fingerprint density at radius 3 is 2.85 bits per heavy atom. The summed E-state index contributed by atoms with van der Waals surface area (Å²) in [5, 5.41) is 3.00. The molecule has 1 fully saturated rings. The van der Waals surface area contributed by atoms with Crippen LogP contribution in [-0.2, 0) is 0 Å². The number of nitrogens with two attached hydrogens (primary N) is 1. The van der Waals surface area contributed by atoms with Gasteiger partial charge in [-0.1, -0.05) is 26.2 Å². The van der Waals surface area contributed by atoms with E-state index in [1.165, 1.54) is 19.3 Å². The van der Waals surface area contributed by atoms with E-state index in [0.29, 0.717) is 5.92 Å². The molecule has 1 aliphatic rings. The highest BCUT2D eigenvalue weighted by atomic mass is 19.1. The Hall–Kier alpha value is -1.65. The van der Waals surface area contributed by atoms with Gasteiger partial charge in [0.25, 0.3) is 5.91 Å². The summed E-state index contributed by atoms with van der Waals surface area (Å²) in [7, 11) is 0. The lowest BCUT2D eigenvalue weighted by atomic mass is 9.83. The van der Waals surface area contributed by atoms with Crippen LogP contribution in [0.2, 0.25) is 0 Å². The first-order chi connectivity index (χ1) is 9.61. The Morgan fingerprint density at radius 2 is 2.20 bits per heavy atom. The van der Waals surface area contributed by atoms with Gasteiger partial charge in [-0.2, -0.15) is 0 Å². The van der Waals surface area contributed by atoms with Crippen LogP contribution in [0.15, 0.2) is 12.3 Å². The molecule has 110 valence electrons. The Morgan fingerprint density at radius 1 is 1.50 bits per heavy atom. The zero-order valence-corrected chi connectivity index (χ0v) is 11.9. The number of anilines is 1. The molecular formula is C15H22FN3O.